The van der Waals surface area contributed by atoms with E-state index in [1.165, 1.54) is 0 Å². The van der Waals surface area contributed by atoms with E-state index in [1.54, 1.807) is 4.68 Å². The lowest BCUT2D eigenvalue weighted by molar-refractivity contribution is -0.117. The monoisotopic (exact) mass is 359 g/mol. The number of nitrogens with zero attached hydrogens (tertiary/aromatic N) is 3. The first kappa shape index (κ1) is 18.6. The second kappa shape index (κ2) is 8.49. The molecule has 0 aliphatic carbocycles. The predicted octanol–water partition coefficient (Wildman–Crippen LogP) is 2.86. The lowest BCUT2D eigenvalue weighted by Gasteiger charge is -2.21. The van der Waals surface area contributed by atoms with Gasteiger partial charge in [-0.3, -0.25) is 4.79 Å². The molecule has 1 aliphatic heterocycles. The number of carbonyl (C=O) groups excluding carboxylic acids is 1. The highest BCUT2D eigenvalue weighted by molar-refractivity contribution is 5.98. The number of nitrogens with one attached hydrogen (secondary N) is 2. The highest BCUT2D eigenvalue weighted by Gasteiger charge is 2.19. The van der Waals surface area contributed by atoms with E-state index in [4.69, 9.17) is 4.74 Å². The van der Waals surface area contributed by atoms with Crippen molar-refractivity contribution in [2.45, 2.75) is 52.1 Å². The number of anilines is 1. The molecule has 0 spiro atoms. The Morgan fingerprint density at radius 3 is 2.77 bits per heavy atom. The molecule has 2 aromatic rings. The quantitative estimate of drug-likeness (QED) is 0.794. The van der Waals surface area contributed by atoms with Crippen LogP contribution in [-0.2, 0) is 11.8 Å². The number of carbonyl (C=O) groups is 1. The highest BCUT2D eigenvalue weighted by Crippen LogP contribution is 2.25. The van der Waals surface area contributed by atoms with E-state index in [9.17, 15) is 4.79 Å². The minimum atomic E-state index is 0.0225. The van der Waals surface area contributed by atoms with Gasteiger partial charge < -0.3 is 15.4 Å². The Hall–Kier alpha value is -2.15. The molecule has 0 radical (unpaired) electrons. The maximum Gasteiger partial charge on any atom is 0.225 e. The summed E-state index contributed by atoms with van der Waals surface area (Å²) in [5.74, 6) is 1.64. The molecule has 7 nitrogen and oxygen atoms in total. The van der Waals surface area contributed by atoms with Crippen LogP contribution in [-0.4, -0.2) is 39.9 Å². The van der Waals surface area contributed by atoms with Crippen LogP contribution in [0.3, 0.4) is 0 Å². The van der Waals surface area contributed by atoms with Crippen molar-refractivity contribution in [2.75, 3.05) is 18.4 Å². The van der Waals surface area contributed by atoms with Crippen LogP contribution in [0.4, 0.5) is 5.82 Å². The van der Waals surface area contributed by atoms with Gasteiger partial charge in [0.15, 0.2) is 11.5 Å². The molecule has 2 aromatic heterocycles. The van der Waals surface area contributed by atoms with Gasteiger partial charge in [0, 0.05) is 19.5 Å². The van der Waals surface area contributed by atoms with Crippen molar-refractivity contribution in [3.8, 4) is 5.88 Å². The van der Waals surface area contributed by atoms with E-state index in [0.717, 1.165) is 44.2 Å². The number of piperidine rings is 1. The second-order valence-corrected chi connectivity index (χ2v) is 6.99. The largest absolute Gasteiger partial charge is 0.474 e. The van der Waals surface area contributed by atoms with Gasteiger partial charge in [-0.05, 0) is 50.8 Å². The lowest BCUT2D eigenvalue weighted by Crippen LogP contribution is -2.30. The summed E-state index contributed by atoms with van der Waals surface area (Å²) >= 11 is 0. The summed E-state index contributed by atoms with van der Waals surface area (Å²) in [5.41, 5.74) is 0.714. The van der Waals surface area contributed by atoms with E-state index >= 15 is 0 Å². The molecule has 3 heterocycles. The summed E-state index contributed by atoms with van der Waals surface area (Å²) in [6.07, 6.45) is 4.70. The van der Waals surface area contributed by atoms with Crippen LogP contribution >= 0.6 is 0 Å². The SMILES string of the molecule is CCC(CC)Oc1ccc2c(NC(=O)CC3CCNCC3)nn(C)c2n1. The summed E-state index contributed by atoms with van der Waals surface area (Å²) in [4.78, 5) is 17.0. The second-order valence-electron chi connectivity index (χ2n) is 6.99. The first-order chi connectivity index (χ1) is 12.6. The molecule has 2 N–H and O–H groups in total. The van der Waals surface area contributed by atoms with Crippen LogP contribution in [0.15, 0.2) is 12.1 Å². The van der Waals surface area contributed by atoms with Crippen LogP contribution in [0.2, 0.25) is 0 Å². The number of aromatic nitrogens is 3. The molecule has 0 atom stereocenters. The number of pyridine rings is 1. The van der Waals surface area contributed by atoms with Gasteiger partial charge in [-0.2, -0.15) is 10.1 Å². The summed E-state index contributed by atoms with van der Waals surface area (Å²) in [7, 11) is 1.83. The Morgan fingerprint density at radius 2 is 2.08 bits per heavy atom. The van der Waals surface area contributed by atoms with E-state index in [0.29, 0.717) is 29.7 Å². The average Bonchev–Trinajstić information content (AvgIpc) is 2.95. The van der Waals surface area contributed by atoms with Crippen LogP contribution < -0.4 is 15.4 Å². The molecule has 1 amide bonds. The summed E-state index contributed by atoms with van der Waals surface area (Å²) < 4.78 is 7.61. The number of amides is 1. The zero-order valence-electron chi connectivity index (χ0n) is 15.9. The Bertz CT molecular complexity index is 748. The lowest BCUT2D eigenvalue weighted by atomic mass is 9.94. The molecule has 0 unspecified atom stereocenters. The van der Waals surface area contributed by atoms with E-state index in [2.05, 4.69) is 34.6 Å². The highest BCUT2D eigenvalue weighted by atomic mass is 16.5. The third kappa shape index (κ3) is 4.33. The van der Waals surface area contributed by atoms with Crippen LogP contribution in [0.25, 0.3) is 11.0 Å². The first-order valence-corrected chi connectivity index (χ1v) is 9.61. The van der Waals surface area contributed by atoms with Gasteiger partial charge in [-0.1, -0.05) is 13.8 Å². The standard InChI is InChI=1S/C19H29N5O2/c1-4-14(5-2)26-17-7-6-15-18(23-24(3)19(15)22-17)21-16(25)12-13-8-10-20-11-9-13/h6-7,13-14,20H,4-5,8-12H2,1-3H3,(H,21,23,25). The molecule has 1 saturated heterocycles. The molecule has 1 aliphatic rings. The molecular formula is C19H29N5O2. The van der Waals surface area contributed by atoms with Crippen molar-refractivity contribution in [2.24, 2.45) is 13.0 Å². The fourth-order valence-electron chi connectivity index (χ4n) is 3.43. The van der Waals surface area contributed by atoms with Crippen molar-refractivity contribution in [1.82, 2.24) is 20.1 Å². The normalized spacial score (nSPS) is 15.5. The van der Waals surface area contributed by atoms with Crippen molar-refractivity contribution in [3.05, 3.63) is 12.1 Å². The Morgan fingerprint density at radius 1 is 1.35 bits per heavy atom. The smallest absolute Gasteiger partial charge is 0.225 e. The van der Waals surface area contributed by atoms with Gasteiger partial charge in [-0.15, -0.1) is 0 Å². The van der Waals surface area contributed by atoms with Crippen molar-refractivity contribution < 1.29 is 9.53 Å². The maximum atomic E-state index is 12.4. The molecule has 1 fully saturated rings. The molecule has 26 heavy (non-hydrogen) atoms. The summed E-state index contributed by atoms with van der Waals surface area (Å²) in [6.45, 7) is 6.20. The molecule has 0 bridgehead atoms. The average molecular weight is 359 g/mol. The van der Waals surface area contributed by atoms with Gasteiger partial charge in [0.2, 0.25) is 11.8 Å². The maximum absolute atomic E-state index is 12.4. The van der Waals surface area contributed by atoms with Gasteiger partial charge in [0.05, 0.1) is 11.5 Å². The molecule has 0 saturated carbocycles. The Kier molecular flexibility index (Phi) is 6.08. The first-order valence-electron chi connectivity index (χ1n) is 9.61. The minimum absolute atomic E-state index is 0.0225. The fraction of sp³-hybridized carbons (Fsp3) is 0.632. The molecular weight excluding hydrogens is 330 g/mol. The molecule has 142 valence electrons. The Labute approximate surface area is 154 Å². The predicted molar refractivity (Wildman–Crippen MR) is 102 cm³/mol. The van der Waals surface area contributed by atoms with Crippen molar-refractivity contribution >= 4 is 22.8 Å². The Balaban J connectivity index is 1.71. The summed E-state index contributed by atoms with van der Waals surface area (Å²) in [6, 6.07) is 3.78. The number of aryl methyl sites for hydroxylation is 1. The number of hydrogen-bond donors (Lipinski definition) is 2. The van der Waals surface area contributed by atoms with Gasteiger partial charge in [0.25, 0.3) is 0 Å². The number of hydrogen-bond acceptors (Lipinski definition) is 5. The minimum Gasteiger partial charge on any atom is -0.474 e. The number of rotatable bonds is 7. The third-order valence-corrected chi connectivity index (χ3v) is 5.05. The zero-order chi connectivity index (χ0) is 18.5. The van der Waals surface area contributed by atoms with Crippen LogP contribution in [0.1, 0.15) is 46.0 Å². The van der Waals surface area contributed by atoms with Crippen LogP contribution in [0.5, 0.6) is 5.88 Å². The molecule has 7 heteroatoms. The topological polar surface area (TPSA) is 81.1 Å². The summed E-state index contributed by atoms with van der Waals surface area (Å²) in [5, 5.41) is 11.6. The number of fused-ring (bicyclic) bond motifs is 1. The van der Waals surface area contributed by atoms with Crippen molar-refractivity contribution in [3.63, 3.8) is 0 Å². The molecule has 3 rings (SSSR count). The fourth-order valence-corrected chi connectivity index (χ4v) is 3.43. The van der Waals surface area contributed by atoms with Crippen LogP contribution in [0, 0.1) is 5.92 Å². The number of ether oxygens (including phenoxy) is 1. The van der Waals surface area contributed by atoms with E-state index in [-0.39, 0.29) is 12.0 Å². The van der Waals surface area contributed by atoms with E-state index < -0.39 is 0 Å². The van der Waals surface area contributed by atoms with Crippen molar-refractivity contribution in [1.29, 1.82) is 0 Å². The molecule has 0 aromatic carbocycles. The zero-order valence-corrected chi connectivity index (χ0v) is 15.9. The van der Waals surface area contributed by atoms with Gasteiger partial charge in [0.1, 0.15) is 0 Å². The third-order valence-electron chi connectivity index (χ3n) is 5.05. The van der Waals surface area contributed by atoms with E-state index in [1.807, 2.05) is 19.2 Å². The van der Waals surface area contributed by atoms with Gasteiger partial charge >= 0.3 is 0 Å². The van der Waals surface area contributed by atoms with Gasteiger partial charge in [-0.25, -0.2) is 4.68 Å².